The van der Waals surface area contributed by atoms with Crippen molar-refractivity contribution in [1.82, 2.24) is 4.98 Å². The van der Waals surface area contributed by atoms with E-state index in [4.69, 9.17) is 16.3 Å². The number of pyridine rings is 1. The van der Waals surface area contributed by atoms with Gasteiger partial charge in [0.15, 0.2) is 11.6 Å². The summed E-state index contributed by atoms with van der Waals surface area (Å²) in [6, 6.07) is 12.5. The highest BCUT2D eigenvalue weighted by molar-refractivity contribution is 6.30. The third kappa shape index (κ3) is 3.85. The summed E-state index contributed by atoms with van der Waals surface area (Å²) in [6.07, 6.45) is 3.37. The average molecular weight is 332 g/mol. The van der Waals surface area contributed by atoms with E-state index in [0.29, 0.717) is 5.02 Å². The Morgan fingerprint density at radius 1 is 0.913 bits per heavy atom. The van der Waals surface area contributed by atoms with E-state index >= 15 is 0 Å². The van der Waals surface area contributed by atoms with Crippen LogP contribution < -0.4 is 4.74 Å². The molecule has 1 aromatic heterocycles. The summed E-state index contributed by atoms with van der Waals surface area (Å²) < 4.78 is 31.8. The highest BCUT2D eigenvalue weighted by Gasteiger charge is 2.06. The van der Waals surface area contributed by atoms with Gasteiger partial charge >= 0.3 is 0 Å². The largest absolute Gasteiger partial charge is 0.486 e. The Morgan fingerprint density at radius 3 is 2.43 bits per heavy atom. The van der Waals surface area contributed by atoms with E-state index in [-0.39, 0.29) is 12.4 Å². The van der Waals surface area contributed by atoms with Crippen molar-refractivity contribution in [3.8, 4) is 16.9 Å². The Kier molecular flexibility index (Phi) is 4.53. The molecule has 116 valence electrons. The molecule has 0 amide bonds. The van der Waals surface area contributed by atoms with Gasteiger partial charge in [-0.05, 0) is 35.9 Å². The van der Waals surface area contributed by atoms with Crippen molar-refractivity contribution < 1.29 is 13.5 Å². The smallest absolute Gasteiger partial charge is 0.167 e. The fraction of sp³-hybridized carbons (Fsp3) is 0.0556. The summed E-state index contributed by atoms with van der Waals surface area (Å²) in [5.41, 5.74) is 2.65. The van der Waals surface area contributed by atoms with Gasteiger partial charge in [0, 0.05) is 34.6 Å². The molecule has 0 unspecified atom stereocenters. The van der Waals surface area contributed by atoms with Crippen molar-refractivity contribution >= 4 is 11.6 Å². The SMILES string of the molecule is Fc1ccc(OCc2cncc(-c3ccc(Cl)cc3)c2)c(F)c1. The molecule has 0 saturated carbocycles. The summed E-state index contributed by atoms with van der Waals surface area (Å²) in [6.45, 7) is 0.136. The Balaban J connectivity index is 1.76. The highest BCUT2D eigenvalue weighted by Crippen LogP contribution is 2.23. The molecule has 2 aromatic carbocycles. The van der Waals surface area contributed by atoms with E-state index in [9.17, 15) is 8.78 Å². The minimum atomic E-state index is -0.730. The van der Waals surface area contributed by atoms with Crippen LogP contribution in [0, 0.1) is 11.6 Å². The monoisotopic (exact) mass is 331 g/mol. The lowest BCUT2D eigenvalue weighted by Crippen LogP contribution is -1.99. The number of hydrogen-bond donors (Lipinski definition) is 0. The van der Waals surface area contributed by atoms with E-state index in [1.807, 2.05) is 18.2 Å². The standard InChI is InChI=1S/C18H12ClF2NO/c19-15-3-1-13(2-4-15)14-7-12(9-22-10-14)11-23-18-6-5-16(20)8-17(18)21/h1-10H,11H2. The van der Waals surface area contributed by atoms with Crippen molar-refractivity contribution in [2.45, 2.75) is 6.61 Å². The molecule has 0 aliphatic carbocycles. The second-order valence-corrected chi connectivity index (χ2v) is 5.39. The maximum Gasteiger partial charge on any atom is 0.167 e. The van der Waals surface area contributed by atoms with Crippen LogP contribution in [0.3, 0.4) is 0 Å². The predicted molar refractivity (Wildman–Crippen MR) is 85.4 cm³/mol. The fourth-order valence-corrected chi connectivity index (χ4v) is 2.25. The Morgan fingerprint density at radius 2 is 1.70 bits per heavy atom. The summed E-state index contributed by atoms with van der Waals surface area (Å²) in [7, 11) is 0. The van der Waals surface area contributed by atoms with Gasteiger partial charge in [0.2, 0.25) is 0 Å². The fourth-order valence-electron chi connectivity index (χ4n) is 2.12. The van der Waals surface area contributed by atoms with Gasteiger partial charge in [-0.3, -0.25) is 4.98 Å². The van der Waals surface area contributed by atoms with Crippen LogP contribution in [0.15, 0.2) is 60.9 Å². The van der Waals surface area contributed by atoms with E-state index < -0.39 is 11.6 Å². The first kappa shape index (κ1) is 15.4. The van der Waals surface area contributed by atoms with Crippen molar-refractivity contribution in [3.05, 3.63) is 83.1 Å². The zero-order chi connectivity index (χ0) is 16.2. The molecular weight excluding hydrogens is 320 g/mol. The first-order valence-corrected chi connectivity index (χ1v) is 7.27. The Bertz CT molecular complexity index is 822. The van der Waals surface area contributed by atoms with Crippen LogP contribution in [0.2, 0.25) is 5.02 Å². The summed E-state index contributed by atoms with van der Waals surface area (Å²) in [5.74, 6) is -1.36. The van der Waals surface area contributed by atoms with E-state index in [1.54, 1.807) is 24.5 Å². The van der Waals surface area contributed by atoms with Gasteiger partial charge in [0.25, 0.3) is 0 Å². The zero-order valence-electron chi connectivity index (χ0n) is 12.0. The lowest BCUT2D eigenvalue weighted by molar-refractivity contribution is 0.289. The van der Waals surface area contributed by atoms with Gasteiger partial charge in [-0.2, -0.15) is 0 Å². The minimum Gasteiger partial charge on any atom is -0.486 e. The van der Waals surface area contributed by atoms with Crippen LogP contribution >= 0.6 is 11.6 Å². The van der Waals surface area contributed by atoms with Crippen LogP contribution in [-0.4, -0.2) is 4.98 Å². The van der Waals surface area contributed by atoms with Crippen molar-refractivity contribution in [2.75, 3.05) is 0 Å². The normalized spacial score (nSPS) is 10.6. The van der Waals surface area contributed by atoms with Crippen LogP contribution in [-0.2, 0) is 6.61 Å². The topological polar surface area (TPSA) is 22.1 Å². The lowest BCUT2D eigenvalue weighted by atomic mass is 10.1. The average Bonchev–Trinajstić information content (AvgIpc) is 2.55. The van der Waals surface area contributed by atoms with Crippen molar-refractivity contribution in [2.24, 2.45) is 0 Å². The number of benzene rings is 2. The van der Waals surface area contributed by atoms with Crippen molar-refractivity contribution in [3.63, 3.8) is 0 Å². The molecule has 5 heteroatoms. The van der Waals surface area contributed by atoms with Crippen LogP contribution in [0.1, 0.15) is 5.56 Å². The van der Waals surface area contributed by atoms with Crippen molar-refractivity contribution in [1.29, 1.82) is 0 Å². The molecule has 1 heterocycles. The maximum atomic E-state index is 13.5. The molecule has 0 spiro atoms. The molecule has 2 nitrogen and oxygen atoms in total. The van der Waals surface area contributed by atoms with E-state index in [0.717, 1.165) is 28.8 Å². The molecular formula is C18H12ClF2NO. The number of hydrogen-bond acceptors (Lipinski definition) is 2. The highest BCUT2D eigenvalue weighted by atomic mass is 35.5. The number of halogens is 3. The van der Waals surface area contributed by atoms with Gasteiger partial charge in [0.05, 0.1) is 0 Å². The molecule has 23 heavy (non-hydrogen) atoms. The minimum absolute atomic E-state index is 0.00305. The number of nitrogens with zero attached hydrogens (tertiary/aromatic N) is 1. The Hall–Kier alpha value is -2.46. The predicted octanol–water partition coefficient (Wildman–Crippen LogP) is 5.26. The van der Waals surface area contributed by atoms with Gasteiger partial charge in [-0.15, -0.1) is 0 Å². The maximum absolute atomic E-state index is 13.5. The van der Waals surface area contributed by atoms with E-state index in [1.165, 1.54) is 6.07 Å². The molecule has 0 saturated heterocycles. The Labute approximate surface area is 137 Å². The number of ether oxygens (including phenoxy) is 1. The third-order valence-electron chi connectivity index (χ3n) is 3.26. The molecule has 0 fully saturated rings. The van der Waals surface area contributed by atoms with Gasteiger partial charge < -0.3 is 4.74 Å². The summed E-state index contributed by atoms with van der Waals surface area (Å²) in [4.78, 5) is 4.17. The third-order valence-corrected chi connectivity index (χ3v) is 3.51. The molecule has 0 radical (unpaired) electrons. The quantitative estimate of drug-likeness (QED) is 0.650. The molecule has 0 N–H and O–H groups in total. The molecule has 0 aliphatic heterocycles. The lowest BCUT2D eigenvalue weighted by Gasteiger charge is -2.08. The molecule has 0 aliphatic rings. The summed E-state index contributed by atoms with van der Waals surface area (Å²) in [5, 5.41) is 0.660. The van der Waals surface area contributed by atoms with Crippen LogP contribution in [0.5, 0.6) is 5.75 Å². The molecule has 3 aromatic rings. The molecule has 0 atom stereocenters. The number of rotatable bonds is 4. The van der Waals surface area contributed by atoms with Gasteiger partial charge in [0.1, 0.15) is 12.4 Å². The second-order valence-electron chi connectivity index (χ2n) is 4.95. The first-order chi connectivity index (χ1) is 11.1. The van der Waals surface area contributed by atoms with Crippen LogP contribution in [0.25, 0.3) is 11.1 Å². The second kappa shape index (κ2) is 6.75. The van der Waals surface area contributed by atoms with E-state index in [2.05, 4.69) is 4.98 Å². The first-order valence-electron chi connectivity index (χ1n) is 6.89. The zero-order valence-corrected chi connectivity index (χ0v) is 12.7. The molecule has 3 rings (SSSR count). The number of aromatic nitrogens is 1. The molecule has 0 bridgehead atoms. The van der Waals surface area contributed by atoms with Crippen LogP contribution in [0.4, 0.5) is 8.78 Å². The summed E-state index contributed by atoms with van der Waals surface area (Å²) >= 11 is 5.88. The van der Waals surface area contributed by atoms with Gasteiger partial charge in [-0.25, -0.2) is 8.78 Å². The van der Waals surface area contributed by atoms with Gasteiger partial charge in [-0.1, -0.05) is 23.7 Å².